The number of amides is 4. The molecule has 17 heteroatoms. The molecule has 1 rings (SSSR count). The molecule has 4 amide bonds. The number of rotatable bonds is 20. The van der Waals surface area contributed by atoms with E-state index in [-0.39, 0.29) is 44.6 Å². The second-order valence-corrected chi connectivity index (χ2v) is 9.15. The number of guanidine groups is 1. The topological polar surface area (TPSA) is 313 Å². The van der Waals surface area contributed by atoms with Gasteiger partial charge in [-0.25, -0.2) is 9.78 Å². The normalized spacial score (nSPS) is 13.8. The highest BCUT2D eigenvalue weighted by Gasteiger charge is 2.30. The molecule has 1 aromatic heterocycles. The van der Waals surface area contributed by atoms with Crippen molar-refractivity contribution in [2.45, 2.75) is 75.5 Å². The SMILES string of the molecule is NCCCCC(NC(=O)C(CCCN=C(N)N)NC(=O)C(N)Cc1cnc[nH]1)C(=O)NC(CCC(N)=O)C(=O)O. The van der Waals surface area contributed by atoms with Crippen LogP contribution in [0.5, 0.6) is 0 Å². The first-order valence-electron chi connectivity index (χ1n) is 12.8. The molecule has 0 aliphatic rings. The fourth-order valence-electron chi connectivity index (χ4n) is 3.63. The van der Waals surface area contributed by atoms with Crippen molar-refractivity contribution < 1.29 is 29.1 Å². The molecule has 1 aromatic rings. The number of hydrogen-bond acceptors (Lipinski definition) is 9. The monoisotopic (exact) mass is 567 g/mol. The van der Waals surface area contributed by atoms with Crippen LogP contribution in [0.1, 0.15) is 50.6 Å². The van der Waals surface area contributed by atoms with Gasteiger partial charge < -0.3 is 54.7 Å². The van der Waals surface area contributed by atoms with E-state index in [9.17, 15) is 29.1 Å². The van der Waals surface area contributed by atoms with Gasteiger partial charge in [0.25, 0.3) is 0 Å². The molecule has 0 bridgehead atoms. The number of H-pyrrole nitrogens is 1. The maximum Gasteiger partial charge on any atom is 0.326 e. The van der Waals surface area contributed by atoms with E-state index in [0.29, 0.717) is 31.5 Å². The number of unbranched alkanes of at least 4 members (excludes halogenated alkanes) is 1. The zero-order chi connectivity index (χ0) is 30.1. The first-order valence-corrected chi connectivity index (χ1v) is 12.8. The Morgan fingerprint density at radius 3 is 2.02 bits per heavy atom. The van der Waals surface area contributed by atoms with E-state index in [1.54, 1.807) is 0 Å². The predicted molar refractivity (Wildman–Crippen MR) is 145 cm³/mol. The largest absolute Gasteiger partial charge is 0.480 e. The summed E-state index contributed by atoms with van der Waals surface area (Å²) in [5.74, 6) is -4.30. The number of carboxylic acid groups (broad SMARTS) is 1. The van der Waals surface area contributed by atoms with Gasteiger partial charge >= 0.3 is 5.97 Å². The van der Waals surface area contributed by atoms with Gasteiger partial charge in [0.05, 0.1) is 12.4 Å². The molecule has 0 radical (unpaired) electrons. The van der Waals surface area contributed by atoms with Crippen molar-refractivity contribution in [2.75, 3.05) is 13.1 Å². The van der Waals surface area contributed by atoms with E-state index in [1.165, 1.54) is 12.5 Å². The number of nitrogens with two attached hydrogens (primary N) is 5. The fraction of sp³-hybridized carbons (Fsp3) is 0.609. The molecule has 15 N–H and O–H groups in total. The summed E-state index contributed by atoms with van der Waals surface area (Å²) in [5.41, 5.74) is 28.0. The number of primary amides is 1. The third-order valence-corrected chi connectivity index (χ3v) is 5.78. The van der Waals surface area contributed by atoms with Gasteiger partial charge in [0.15, 0.2) is 5.96 Å². The Balaban J connectivity index is 3.02. The van der Waals surface area contributed by atoms with Crippen molar-refractivity contribution in [3.63, 3.8) is 0 Å². The lowest BCUT2D eigenvalue weighted by Crippen LogP contribution is -2.57. The van der Waals surface area contributed by atoms with Crippen molar-refractivity contribution in [1.82, 2.24) is 25.9 Å². The number of nitrogens with one attached hydrogen (secondary N) is 4. The molecule has 0 spiro atoms. The molecule has 0 saturated heterocycles. The molecule has 1 heterocycles. The quantitative estimate of drug-likeness (QED) is 0.0414. The number of hydrogen-bond donors (Lipinski definition) is 10. The van der Waals surface area contributed by atoms with Gasteiger partial charge in [0.1, 0.15) is 18.1 Å². The molecular weight excluding hydrogens is 526 g/mol. The lowest BCUT2D eigenvalue weighted by atomic mass is 10.0. The van der Waals surface area contributed by atoms with Crippen LogP contribution in [0.25, 0.3) is 0 Å². The van der Waals surface area contributed by atoms with Crippen molar-refractivity contribution in [3.8, 4) is 0 Å². The summed E-state index contributed by atoms with van der Waals surface area (Å²) in [6, 6.07) is -4.65. The Labute approximate surface area is 231 Å². The number of carbonyl (C=O) groups excluding carboxylic acids is 4. The number of aliphatic carboxylic acids is 1. The molecule has 0 saturated carbocycles. The summed E-state index contributed by atoms with van der Waals surface area (Å²) in [6.45, 7) is 0.527. The molecule has 40 heavy (non-hydrogen) atoms. The second kappa shape index (κ2) is 18.1. The van der Waals surface area contributed by atoms with Crippen molar-refractivity contribution >= 4 is 35.6 Å². The van der Waals surface area contributed by atoms with E-state index in [1.807, 2.05) is 0 Å². The van der Waals surface area contributed by atoms with Gasteiger partial charge in [-0.05, 0) is 45.1 Å². The van der Waals surface area contributed by atoms with Crippen molar-refractivity contribution in [1.29, 1.82) is 0 Å². The minimum atomic E-state index is -1.40. The molecular formula is C23H41N11O6. The van der Waals surface area contributed by atoms with Crippen LogP contribution in [-0.2, 0) is 30.4 Å². The van der Waals surface area contributed by atoms with Gasteiger partial charge in [-0.1, -0.05) is 0 Å². The van der Waals surface area contributed by atoms with E-state index in [0.717, 1.165) is 0 Å². The first-order chi connectivity index (χ1) is 18.9. The maximum atomic E-state index is 13.3. The molecule has 17 nitrogen and oxygen atoms in total. The third kappa shape index (κ3) is 13.5. The summed E-state index contributed by atoms with van der Waals surface area (Å²) >= 11 is 0. The Morgan fingerprint density at radius 2 is 1.50 bits per heavy atom. The van der Waals surface area contributed by atoms with Crippen LogP contribution in [0.15, 0.2) is 17.5 Å². The van der Waals surface area contributed by atoms with Gasteiger partial charge in [-0.15, -0.1) is 0 Å². The summed E-state index contributed by atoms with van der Waals surface area (Å²) < 4.78 is 0. The third-order valence-electron chi connectivity index (χ3n) is 5.78. The number of imidazole rings is 1. The van der Waals surface area contributed by atoms with E-state index < -0.39 is 53.8 Å². The lowest BCUT2D eigenvalue weighted by Gasteiger charge is -2.25. The highest BCUT2D eigenvalue weighted by Crippen LogP contribution is 2.07. The average Bonchev–Trinajstić information content (AvgIpc) is 3.39. The highest BCUT2D eigenvalue weighted by molar-refractivity contribution is 5.94. The van der Waals surface area contributed by atoms with Crippen LogP contribution in [0.3, 0.4) is 0 Å². The number of aromatic amines is 1. The summed E-state index contributed by atoms with van der Waals surface area (Å²) in [6.07, 6.45) is 4.18. The van der Waals surface area contributed by atoms with E-state index in [4.69, 9.17) is 28.7 Å². The van der Waals surface area contributed by atoms with Crippen LogP contribution >= 0.6 is 0 Å². The van der Waals surface area contributed by atoms with Crippen molar-refractivity contribution in [3.05, 3.63) is 18.2 Å². The van der Waals surface area contributed by atoms with Crippen LogP contribution in [0.2, 0.25) is 0 Å². The molecule has 0 fully saturated rings. The lowest BCUT2D eigenvalue weighted by molar-refractivity contribution is -0.142. The van der Waals surface area contributed by atoms with Crippen LogP contribution in [0.4, 0.5) is 0 Å². The zero-order valence-corrected chi connectivity index (χ0v) is 22.3. The zero-order valence-electron chi connectivity index (χ0n) is 22.3. The molecule has 0 aliphatic carbocycles. The van der Waals surface area contributed by atoms with Gasteiger partial charge in [0.2, 0.25) is 23.6 Å². The van der Waals surface area contributed by atoms with Gasteiger partial charge in [-0.3, -0.25) is 24.2 Å². The Kier molecular flexibility index (Phi) is 15.3. The molecule has 0 aromatic carbocycles. The Morgan fingerprint density at radius 1 is 0.900 bits per heavy atom. The molecule has 4 unspecified atom stereocenters. The smallest absolute Gasteiger partial charge is 0.326 e. The van der Waals surface area contributed by atoms with Crippen LogP contribution in [0, 0.1) is 0 Å². The van der Waals surface area contributed by atoms with Crippen LogP contribution < -0.4 is 44.6 Å². The van der Waals surface area contributed by atoms with E-state index in [2.05, 4.69) is 30.9 Å². The highest BCUT2D eigenvalue weighted by atomic mass is 16.4. The number of aromatic nitrogens is 2. The number of nitrogens with zero attached hydrogens (tertiary/aromatic N) is 2. The Bertz CT molecular complexity index is 997. The number of aliphatic imine (C=N–C) groups is 1. The standard InChI is InChI=1S/C23H41N11O6/c24-8-2-1-4-15(21(38)34-17(22(39)40)6-7-18(26)35)33-20(37)16(5-3-9-30-23(27)28)32-19(36)14(25)10-13-11-29-12-31-13/h11-12,14-17H,1-10,24-25H2,(H2,26,35)(H,29,31)(H,32,36)(H,33,37)(H,34,38)(H,39,40)(H4,27,28,30). The number of carboxylic acids is 1. The second-order valence-electron chi connectivity index (χ2n) is 9.15. The van der Waals surface area contributed by atoms with E-state index >= 15 is 0 Å². The summed E-state index contributed by atoms with van der Waals surface area (Å²) in [7, 11) is 0. The average molecular weight is 568 g/mol. The first kappa shape index (κ1) is 33.8. The van der Waals surface area contributed by atoms with Gasteiger partial charge in [0, 0.05) is 31.3 Å². The Hall–Kier alpha value is -4.25. The summed E-state index contributed by atoms with van der Waals surface area (Å²) in [4.78, 5) is 72.3. The predicted octanol–water partition coefficient (Wildman–Crippen LogP) is -3.73. The molecule has 0 aliphatic heterocycles. The van der Waals surface area contributed by atoms with Crippen molar-refractivity contribution in [2.24, 2.45) is 33.7 Å². The minimum absolute atomic E-state index is 0.110. The maximum absolute atomic E-state index is 13.3. The molecule has 4 atom stereocenters. The number of carbonyl (C=O) groups is 5. The summed E-state index contributed by atoms with van der Waals surface area (Å²) in [5, 5.41) is 17.0. The molecule has 224 valence electrons. The van der Waals surface area contributed by atoms with Crippen LogP contribution in [-0.4, -0.2) is 87.9 Å². The minimum Gasteiger partial charge on any atom is -0.480 e. The van der Waals surface area contributed by atoms with Gasteiger partial charge in [-0.2, -0.15) is 0 Å². The fourth-order valence-corrected chi connectivity index (χ4v) is 3.63.